The van der Waals surface area contributed by atoms with Crippen molar-refractivity contribution in [3.63, 3.8) is 0 Å². The van der Waals surface area contributed by atoms with E-state index in [9.17, 15) is 5.11 Å². The molecule has 0 fully saturated rings. The third kappa shape index (κ3) is 3.37. The lowest BCUT2D eigenvalue weighted by Crippen LogP contribution is -1.98. The van der Waals surface area contributed by atoms with E-state index in [1.165, 1.54) is 0 Å². The molecule has 18 heavy (non-hydrogen) atoms. The average Bonchev–Trinajstić information content (AvgIpc) is 2.40. The molecule has 3 N–H and O–H groups in total. The van der Waals surface area contributed by atoms with E-state index in [0.717, 1.165) is 16.8 Å². The molecule has 0 aliphatic heterocycles. The molecule has 3 nitrogen and oxygen atoms in total. The third-order valence-electron chi connectivity index (χ3n) is 2.56. The number of aromatic hydroxyl groups is 1. The SMILES string of the molecule is OCNc1ccc(C=Cc2ccc(O)cc2)cc1. The molecule has 0 spiro atoms. The van der Waals surface area contributed by atoms with Gasteiger partial charge in [0.15, 0.2) is 0 Å². The Morgan fingerprint density at radius 2 is 1.33 bits per heavy atom. The van der Waals surface area contributed by atoms with E-state index in [1.54, 1.807) is 12.1 Å². The molecule has 0 unspecified atom stereocenters. The largest absolute Gasteiger partial charge is 0.508 e. The van der Waals surface area contributed by atoms with Crippen molar-refractivity contribution in [3.05, 3.63) is 59.7 Å². The Kier molecular flexibility index (Phi) is 3.99. The molecular weight excluding hydrogens is 226 g/mol. The van der Waals surface area contributed by atoms with Crippen LogP contribution in [0.2, 0.25) is 0 Å². The van der Waals surface area contributed by atoms with Gasteiger partial charge in [0, 0.05) is 5.69 Å². The summed E-state index contributed by atoms with van der Waals surface area (Å²) in [5, 5.41) is 20.7. The number of benzene rings is 2. The van der Waals surface area contributed by atoms with Crippen molar-refractivity contribution in [1.82, 2.24) is 0 Å². The molecule has 0 amide bonds. The van der Waals surface area contributed by atoms with Crippen LogP contribution in [0.4, 0.5) is 5.69 Å². The third-order valence-corrected chi connectivity index (χ3v) is 2.56. The minimum absolute atomic E-state index is 0.0668. The highest BCUT2D eigenvalue weighted by Crippen LogP contribution is 2.14. The lowest BCUT2D eigenvalue weighted by atomic mass is 10.1. The van der Waals surface area contributed by atoms with E-state index in [0.29, 0.717) is 0 Å². The molecule has 0 aliphatic carbocycles. The maximum Gasteiger partial charge on any atom is 0.115 e. The molecule has 0 bridgehead atoms. The Labute approximate surface area is 106 Å². The fourth-order valence-electron chi connectivity index (χ4n) is 1.58. The molecule has 3 heteroatoms. The minimum atomic E-state index is -0.0668. The molecule has 0 saturated carbocycles. The van der Waals surface area contributed by atoms with Crippen LogP contribution in [0.1, 0.15) is 11.1 Å². The number of aliphatic hydroxyl groups excluding tert-OH is 1. The van der Waals surface area contributed by atoms with Gasteiger partial charge in [0.2, 0.25) is 0 Å². The van der Waals surface area contributed by atoms with Crippen LogP contribution in [0.5, 0.6) is 5.75 Å². The van der Waals surface area contributed by atoms with Crippen molar-refractivity contribution in [2.45, 2.75) is 0 Å². The first-order chi connectivity index (χ1) is 8.78. The van der Waals surface area contributed by atoms with Crippen molar-refractivity contribution in [3.8, 4) is 5.75 Å². The van der Waals surface area contributed by atoms with Crippen molar-refractivity contribution in [1.29, 1.82) is 0 Å². The fourth-order valence-corrected chi connectivity index (χ4v) is 1.58. The van der Waals surface area contributed by atoms with Gasteiger partial charge in [-0.15, -0.1) is 0 Å². The second-order valence-corrected chi connectivity index (χ2v) is 3.88. The summed E-state index contributed by atoms with van der Waals surface area (Å²) in [7, 11) is 0. The Balaban J connectivity index is 2.06. The number of hydrogen-bond donors (Lipinski definition) is 3. The van der Waals surface area contributed by atoms with Crippen molar-refractivity contribution in [2.24, 2.45) is 0 Å². The monoisotopic (exact) mass is 241 g/mol. The predicted octanol–water partition coefficient (Wildman–Crippen LogP) is 2.92. The highest BCUT2D eigenvalue weighted by Gasteiger charge is 1.91. The van der Waals surface area contributed by atoms with E-state index >= 15 is 0 Å². The first kappa shape index (κ1) is 12.2. The standard InChI is InChI=1S/C15H15NO2/c17-11-16-14-7-3-12(4-8-14)1-2-13-5-9-15(18)10-6-13/h1-10,16-18H,11H2. The van der Waals surface area contributed by atoms with Crippen molar-refractivity contribution in [2.75, 3.05) is 12.0 Å². The summed E-state index contributed by atoms with van der Waals surface area (Å²) in [6, 6.07) is 14.8. The van der Waals surface area contributed by atoms with Gasteiger partial charge in [-0.1, -0.05) is 36.4 Å². The van der Waals surface area contributed by atoms with Crippen LogP contribution in [0.3, 0.4) is 0 Å². The van der Waals surface area contributed by atoms with Gasteiger partial charge in [-0.2, -0.15) is 0 Å². The zero-order valence-electron chi connectivity index (χ0n) is 9.88. The normalized spacial score (nSPS) is 10.7. The Bertz CT molecular complexity index is 515. The van der Waals surface area contributed by atoms with Gasteiger partial charge in [-0.3, -0.25) is 0 Å². The molecule has 2 aromatic carbocycles. The van der Waals surface area contributed by atoms with Crippen LogP contribution in [-0.4, -0.2) is 16.9 Å². The second-order valence-electron chi connectivity index (χ2n) is 3.88. The van der Waals surface area contributed by atoms with Gasteiger partial charge in [0.05, 0.1) is 0 Å². The molecule has 0 atom stereocenters. The summed E-state index contributed by atoms with van der Waals surface area (Å²) in [5.74, 6) is 0.270. The summed E-state index contributed by atoms with van der Waals surface area (Å²) >= 11 is 0. The average molecular weight is 241 g/mol. The number of anilines is 1. The summed E-state index contributed by atoms with van der Waals surface area (Å²) in [4.78, 5) is 0. The fraction of sp³-hybridized carbons (Fsp3) is 0.0667. The second kappa shape index (κ2) is 5.89. The van der Waals surface area contributed by atoms with Crippen molar-refractivity contribution < 1.29 is 10.2 Å². The lowest BCUT2D eigenvalue weighted by Gasteiger charge is -2.02. The zero-order valence-corrected chi connectivity index (χ0v) is 9.88. The van der Waals surface area contributed by atoms with E-state index in [2.05, 4.69) is 5.32 Å². The number of aliphatic hydroxyl groups is 1. The number of phenols is 1. The maximum atomic E-state index is 9.17. The minimum Gasteiger partial charge on any atom is -0.508 e. The quantitative estimate of drug-likeness (QED) is 0.570. The van der Waals surface area contributed by atoms with Crippen LogP contribution in [0, 0.1) is 0 Å². The summed E-state index contributed by atoms with van der Waals surface area (Å²) in [6.45, 7) is -0.0668. The molecule has 0 radical (unpaired) electrons. The maximum absolute atomic E-state index is 9.17. The zero-order chi connectivity index (χ0) is 12.8. The molecule has 0 aliphatic rings. The van der Waals surface area contributed by atoms with E-state index in [1.807, 2.05) is 48.6 Å². The first-order valence-corrected chi connectivity index (χ1v) is 5.70. The van der Waals surface area contributed by atoms with E-state index in [-0.39, 0.29) is 12.5 Å². The number of rotatable bonds is 4. The topological polar surface area (TPSA) is 52.5 Å². The smallest absolute Gasteiger partial charge is 0.115 e. The molecule has 2 aromatic rings. The van der Waals surface area contributed by atoms with Crippen LogP contribution in [0.15, 0.2) is 48.5 Å². The molecule has 92 valence electrons. The highest BCUT2D eigenvalue weighted by atomic mass is 16.3. The number of phenolic OH excluding ortho intramolecular Hbond substituents is 1. The number of hydrogen-bond acceptors (Lipinski definition) is 3. The Morgan fingerprint density at radius 3 is 1.83 bits per heavy atom. The Hall–Kier alpha value is -2.26. The van der Waals surface area contributed by atoms with Gasteiger partial charge in [-0.05, 0) is 35.4 Å². The van der Waals surface area contributed by atoms with E-state index < -0.39 is 0 Å². The van der Waals surface area contributed by atoms with Gasteiger partial charge in [-0.25, -0.2) is 0 Å². The molecule has 0 saturated heterocycles. The lowest BCUT2D eigenvalue weighted by molar-refractivity contribution is 0.325. The first-order valence-electron chi connectivity index (χ1n) is 5.70. The van der Waals surface area contributed by atoms with Crippen LogP contribution in [0.25, 0.3) is 12.2 Å². The summed E-state index contributed by atoms with van der Waals surface area (Å²) in [6.07, 6.45) is 3.98. The van der Waals surface area contributed by atoms with Crippen molar-refractivity contribution >= 4 is 17.8 Å². The molecule has 2 rings (SSSR count). The van der Waals surface area contributed by atoms with Crippen LogP contribution >= 0.6 is 0 Å². The van der Waals surface area contributed by atoms with Gasteiger partial charge in [0.25, 0.3) is 0 Å². The predicted molar refractivity (Wildman–Crippen MR) is 74.2 cm³/mol. The van der Waals surface area contributed by atoms with Gasteiger partial charge in [0.1, 0.15) is 12.5 Å². The molecule has 0 aromatic heterocycles. The summed E-state index contributed by atoms with van der Waals surface area (Å²) < 4.78 is 0. The Morgan fingerprint density at radius 1 is 0.833 bits per heavy atom. The van der Waals surface area contributed by atoms with Crippen LogP contribution < -0.4 is 5.32 Å². The molecule has 0 heterocycles. The van der Waals surface area contributed by atoms with E-state index in [4.69, 9.17) is 5.11 Å². The number of nitrogens with one attached hydrogen (secondary N) is 1. The van der Waals surface area contributed by atoms with Gasteiger partial charge < -0.3 is 15.5 Å². The van der Waals surface area contributed by atoms with Gasteiger partial charge >= 0.3 is 0 Å². The summed E-state index contributed by atoms with van der Waals surface area (Å²) in [5.41, 5.74) is 3.00. The highest BCUT2D eigenvalue weighted by molar-refractivity contribution is 5.70. The van der Waals surface area contributed by atoms with Crippen LogP contribution in [-0.2, 0) is 0 Å². The molecular formula is C15H15NO2.